The quantitative estimate of drug-likeness (QED) is 0.378. The maximum atomic E-state index is 12.2. The second kappa shape index (κ2) is 10.6. The molecule has 5 nitrogen and oxygen atoms in total. The first-order chi connectivity index (χ1) is 13.1. The van der Waals surface area contributed by atoms with Crippen molar-refractivity contribution < 1.29 is 4.79 Å². The summed E-state index contributed by atoms with van der Waals surface area (Å²) in [4.78, 5) is 18.9. The van der Waals surface area contributed by atoms with Gasteiger partial charge in [0.25, 0.3) is 0 Å². The summed E-state index contributed by atoms with van der Waals surface area (Å²) in [5.41, 5.74) is 1.22. The molecular formula is C22H31IN4O. The molecule has 2 aromatic carbocycles. The summed E-state index contributed by atoms with van der Waals surface area (Å²) in [7, 11) is 0. The minimum atomic E-state index is 0. The third kappa shape index (κ3) is 5.59. The number of nitrogens with zero attached hydrogens (tertiary/aromatic N) is 2. The van der Waals surface area contributed by atoms with Gasteiger partial charge in [-0.25, -0.2) is 4.99 Å². The molecule has 6 heteroatoms. The number of halogens is 1. The average molecular weight is 494 g/mol. The Bertz CT molecular complexity index is 816. The molecule has 2 aromatic rings. The first-order valence-electron chi connectivity index (χ1n) is 9.88. The van der Waals surface area contributed by atoms with E-state index in [1.54, 1.807) is 0 Å². The maximum absolute atomic E-state index is 12.2. The molecule has 0 aliphatic carbocycles. The second-order valence-electron chi connectivity index (χ2n) is 7.40. The summed E-state index contributed by atoms with van der Waals surface area (Å²) in [5.74, 6) is 1.10. The first-order valence-corrected chi connectivity index (χ1v) is 9.88. The maximum Gasteiger partial charge on any atom is 0.225 e. The van der Waals surface area contributed by atoms with Crippen LogP contribution in [-0.4, -0.2) is 42.4 Å². The average Bonchev–Trinajstić information content (AvgIpc) is 3.14. The van der Waals surface area contributed by atoms with E-state index < -0.39 is 0 Å². The van der Waals surface area contributed by atoms with E-state index in [2.05, 4.69) is 60.0 Å². The topological polar surface area (TPSA) is 56.7 Å². The van der Waals surface area contributed by atoms with Crippen molar-refractivity contribution in [3.63, 3.8) is 0 Å². The van der Waals surface area contributed by atoms with Crippen LogP contribution in [0.2, 0.25) is 0 Å². The molecule has 0 saturated carbocycles. The first kappa shape index (κ1) is 22.5. The summed E-state index contributed by atoms with van der Waals surface area (Å²) in [5, 5.41) is 9.32. The van der Waals surface area contributed by atoms with Gasteiger partial charge in [-0.3, -0.25) is 4.79 Å². The largest absolute Gasteiger partial charge is 0.357 e. The Hall–Kier alpha value is -1.83. The fourth-order valence-electron chi connectivity index (χ4n) is 3.55. The molecule has 1 aliphatic heterocycles. The number of benzene rings is 2. The van der Waals surface area contributed by atoms with Crippen molar-refractivity contribution in [2.24, 2.45) is 10.9 Å². The number of likely N-dealkylation sites (tertiary alicyclic amines) is 1. The normalized spacial score (nSPS) is 16.9. The Labute approximate surface area is 185 Å². The Morgan fingerprint density at radius 3 is 2.71 bits per heavy atom. The molecule has 0 bridgehead atoms. The van der Waals surface area contributed by atoms with Crippen molar-refractivity contribution >= 4 is 46.6 Å². The van der Waals surface area contributed by atoms with E-state index in [9.17, 15) is 4.79 Å². The Kier molecular flexibility index (Phi) is 8.54. The highest BCUT2D eigenvalue weighted by atomic mass is 127. The van der Waals surface area contributed by atoms with Crippen molar-refractivity contribution in [2.45, 2.75) is 39.8 Å². The number of fused-ring (bicyclic) bond motifs is 1. The van der Waals surface area contributed by atoms with Crippen LogP contribution in [0.1, 0.15) is 32.8 Å². The van der Waals surface area contributed by atoms with Crippen molar-refractivity contribution in [1.82, 2.24) is 15.5 Å². The van der Waals surface area contributed by atoms with Crippen molar-refractivity contribution in [3.8, 4) is 0 Å². The molecule has 0 aromatic heterocycles. The lowest BCUT2D eigenvalue weighted by Crippen LogP contribution is -2.45. The van der Waals surface area contributed by atoms with E-state index >= 15 is 0 Å². The molecule has 1 heterocycles. The van der Waals surface area contributed by atoms with Gasteiger partial charge in [-0.05, 0) is 29.7 Å². The number of hydrogen-bond acceptors (Lipinski definition) is 2. The number of carbonyl (C=O) groups is 1. The predicted octanol–water partition coefficient (Wildman–Crippen LogP) is 3.77. The van der Waals surface area contributed by atoms with Crippen LogP contribution in [0.3, 0.4) is 0 Å². The van der Waals surface area contributed by atoms with Crippen LogP contribution in [0.25, 0.3) is 10.8 Å². The zero-order valence-corrected chi connectivity index (χ0v) is 19.3. The van der Waals surface area contributed by atoms with Crippen LogP contribution >= 0.6 is 24.0 Å². The van der Waals surface area contributed by atoms with Crippen molar-refractivity contribution in [2.75, 3.05) is 19.6 Å². The van der Waals surface area contributed by atoms with Gasteiger partial charge in [0.15, 0.2) is 5.96 Å². The summed E-state index contributed by atoms with van der Waals surface area (Å²) >= 11 is 0. The number of guanidine groups is 1. The fourth-order valence-corrected chi connectivity index (χ4v) is 3.55. The van der Waals surface area contributed by atoms with E-state index in [0.29, 0.717) is 6.54 Å². The van der Waals surface area contributed by atoms with Gasteiger partial charge in [-0.15, -0.1) is 24.0 Å². The third-order valence-electron chi connectivity index (χ3n) is 4.97. The molecule has 0 spiro atoms. The molecule has 1 aliphatic rings. The molecule has 1 fully saturated rings. The zero-order chi connectivity index (χ0) is 19.2. The number of amides is 1. The summed E-state index contributed by atoms with van der Waals surface area (Å²) in [6, 6.07) is 15.0. The van der Waals surface area contributed by atoms with Gasteiger partial charge in [0, 0.05) is 31.6 Å². The Balaban J connectivity index is 0.00000280. The number of nitrogens with one attached hydrogen (secondary N) is 2. The summed E-state index contributed by atoms with van der Waals surface area (Å²) in [6.45, 7) is 8.98. The van der Waals surface area contributed by atoms with Gasteiger partial charge in [-0.2, -0.15) is 0 Å². The Morgan fingerprint density at radius 2 is 1.96 bits per heavy atom. The number of carbonyl (C=O) groups excluding carboxylic acids is 1. The standard InChI is InChI=1S/C22H30N4O.HI/c1-4-23-22(25-19-12-13-26(15-19)21(27)16(2)3)24-14-18-10-7-9-17-8-5-6-11-20(17)18;/h5-11,16,19H,4,12-15H2,1-3H3,(H2,23,24,25);1H. The molecule has 1 atom stereocenters. The highest BCUT2D eigenvalue weighted by molar-refractivity contribution is 14.0. The molecule has 2 N–H and O–H groups in total. The number of rotatable bonds is 5. The molecule has 28 heavy (non-hydrogen) atoms. The van der Waals surface area contributed by atoms with Gasteiger partial charge in [-0.1, -0.05) is 56.3 Å². The smallest absolute Gasteiger partial charge is 0.225 e. The van der Waals surface area contributed by atoms with Gasteiger partial charge in [0.2, 0.25) is 5.91 Å². The van der Waals surface area contributed by atoms with E-state index in [1.165, 1.54) is 16.3 Å². The molecule has 0 radical (unpaired) electrons. The van der Waals surface area contributed by atoms with E-state index in [4.69, 9.17) is 4.99 Å². The van der Waals surface area contributed by atoms with Gasteiger partial charge in [0.05, 0.1) is 6.54 Å². The molecule has 1 amide bonds. The second-order valence-corrected chi connectivity index (χ2v) is 7.40. The zero-order valence-electron chi connectivity index (χ0n) is 16.9. The highest BCUT2D eigenvalue weighted by Gasteiger charge is 2.27. The molecule has 1 saturated heterocycles. The highest BCUT2D eigenvalue weighted by Crippen LogP contribution is 2.19. The van der Waals surface area contributed by atoms with Gasteiger partial charge in [0.1, 0.15) is 0 Å². The molecular weight excluding hydrogens is 463 g/mol. The van der Waals surface area contributed by atoms with Crippen LogP contribution in [0.5, 0.6) is 0 Å². The molecule has 152 valence electrons. The number of aliphatic imine (C=N–C) groups is 1. The van der Waals surface area contributed by atoms with E-state index in [0.717, 1.165) is 32.0 Å². The molecule has 1 unspecified atom stereocenters. The lowest BCUT2D eigenvalue weighted by molar-refractivity contribution is -0.133. The van der Waals surface area contributed by atoms with Crippen LogP contribution < -0.4 is 10.6 Å². The summed E-state index contributed by atoms with van der Waals surface area (Å²) in [6.07, 6.45) is 0.955. The number of hydrogen-bond donors (Lipinski definition) is 2. The SMILES string of the molecule is CCNC(=NCc1cccc2ccccc12)NC1CCN(C(=O)C(C)C)C1.I. The molecule has 3 rings (SSSR count). The third-order valence-corrected chi connectivity index (χ3v) is 4.97. The van der Waals surface area contributed by atoms with Crippen LogP contribution in [0.15, 0.2) is 47.5 Å². The van der Waals surface area contributed by atoms with E-state index in [-0.39, 0.29) is 41.8 Å². The lowest BCUT2D eigenvalue weighted by atomic mass is 10.1. The van der Waals surface area contributed by atoms with Crippen LogP contribution in [0, 0.1) is 5.92 Å². The summed E-state index contributed by atoms with van der Waals surface area (Å²) < 4.78 is 0. The van der Waals surface area contributed by atoms with Crippen LogP contribution in [-0.2, 0) is 11.3 Å². The predicted molar refractivity (Wildman–Crippen MR) is 127 cm³/mol. The van der Waals surface area contributed by atoms with Crippen LogP contribution in [0.4, 0.5) is 0 Å². The Morgan fingerprint density at radius 1 is 1.21 bits per heavy atom. The minimum Gasteiger partial charge on any atom is -0.357 e. The lowest BCUT2D eigenvalue weighted by Gasteiger charge is -2.20. The van der Waals surface area contributed by atoms with Gasteiger partial charge < -0.3 is 15.5 Å². The van der Waals surface area contributed by atoms with Gasteiger partial charge >= 0.3 is 0 Å². The monoisotopic (exact) mass is 494 g/mol. The fraction of sp³-hybridized carbons (Fsp3) is 0.455. The van der Waals surface area contributed by atoms with E-state index in [1.807, 2.05) is 18.7 Å². The van der Waals surface area contributed by atoms with Crippen molar-refractivity contribution in [1.29, 1.82) is 0 Å². The minimum absolute atomic E-state index is 0. The van der Waals surface area contributed by atoms with Crippen molar-refractivity contribution in [3.05, 3.63) is 48.0 Å².